The lowest BCUT2D eigenvalue weighted by atomic mass is 10.2. The van der Waals surface area contributed by atoms with Crippen LogP contribution in [0, 0.1) is 0 Å². The Hall–Kier alpha value is -0.710. The molecule has 2 fully saturated rings. The Bertz CT molecular complexity index is 632. The molecule has 1 atom stereocenters. The molecule has 1 amide bonds. The zero-order valence-corrected chi connectivity index (χ0v) is 15.8. The molecule has 2 aliphatic rings. The summed E-state index contributed by atoms with van der Waals surface area (Å²) in [4.78, 5) is 16.4. The maximum Gasteiger partial charge on any atom is 0.250 e. The number of nitrogens with one attached hydrogen (secondary N) is 2. The first-order valence-electron chi connectivity index (χ1n) is 7.82. The van der Waals surface area contributed by atoms with Crippen molar-refractivity contribution >= 4 is 39.7 Å². The van der Waals surface area contributed by atoms with Crippen LogP contribution in [-0.4, -0.2) is 76.0 Å². The fourth-order valence-electron chi connectivity index (χ4n) is 3.07. The first kappa shape index (κ1) is 19.6. The van der Waals surface area contributed by atoms with Crippen molar-refractivity contribution < 1.29 is 13.2 Å². The van der Waals surface area contributed by atoms with Gasteiger partial charge in [0.25, 0.3) is 10.0 Å². The van der Waals surface area contributed by atoms with Crippen molar-refractivity contribution in [2.24, 2.45) is 0 Å². The van der Waals surface area contributed by atoms with Crippen molar-refractivity contribution in [3.05, 3.63) is 17.5 Å². The van der Waals surface area contributed by atoms with E-state index >= 15 is 0 Å². The Labute approximate surface area is 152 Å². The average Bonchev–Trinajstić information content (AvgIpc) is 3.25. The Morgan fingerprint density at radius 3 is 2.75 bits per heavy atom. The van der Waals surface area contributed by atoms with Gasteiger partial charge in [-0.3, -0.25) is 9.69 Å². The topological polar surface area (TPSA) is 81.8 Å². The summed E-state index contributed by atoms with van der Waals surface area (Å²) in [7, 11) is -3.57. The normalized spacial score (nSPS) is 22.3. The van der Waals surface area contributed by atoms with Crippen LogP contribution in [0.1, 0.15) is 6.42 Å². The van der Waals surface area contributed by atoms with Gasteiger partial charge in [0.15, 0.2) is 0 Å². The molecule has 24 heavy (non-hydrogen) atoms. The van der Waals surface area contributed by atoms with Gasteiger partial charge in [-0.15, -0.1) is 23.7 Å². The molecule has 0 aromatic carbocycles. The molecule has 2 saturated heterocycles. The maximum atomic E-state index is 12.3. The van der Waals surface area contributed by atoms with Crippen LogP contribution in [0.5, 0.6) is 0 Å². The Morgan fingerprint density at radius 1 is 1.33 bits per heavy atom. The smallest absolute Gasteiger partial charge is 0.250 e. The van der Waals surface area contributed by atoms with Gasteiger partial charge >= 0.3 is 0 Å². The van der Waals surface area contributed by atoms with E-state index < -0.39 is 10.0 Å². The van der Waals surface area contributed by atoms with Crippen molar-refractivity contribution in [2.45, 2.75) is 16.7 Å². The number of nitrogens with zero attached hydrogens (tertiary/aromatic N) is 2. The SMILES string of the molecule is Cl.O=C(CNS(=O)(=O)c1cccs1)N1CCC(N2CCNCC2)C1. The molecule has 0 aliphatic carbocycles. The highest BCUT2D eigenvalue weighted by molar-refractivity contribution is 7.91. The largest absolute Gasteiger partial charge is 0.340 e. The highest BCUT2D eigenvalue weighted by Gasteiger charge is 2.31. The van der Waals surface area contributed by atoms with E-state index in [1.807, 2.05) is 0 Å². The monoisotopic (exact) mass is 394 g/mol. The van der Waals surface area contributed by atoms with Crippen molar-refractivity contribution in [3.8, 4) is 0 Å². The average molecular weight is 395 g/mol. The third-order valence-electron chi connectivity index (χ3n) is 4.36. The summed E-state index contributed by atoms with van der Waals surface area (Å²) >= 11 is 1.15. The number of hydrogen-bond acceptors (Lipinski definition) is 6. The van der Waals surface area contributed by atoms with Crippen molar-refractivity contribution in [2.75, 3.05) is 45.8 Å². The molecule has 2 N–H and O–H groups in total. The van der Waals surface area contributed by atoms with E-state index in [0.29, 0.717) is 19.1 Å². The fourth-order valence-corrected chi connectivity index (χ4v) is 5.08. The molecule has 1 unspecified atom stereocenters. The summed E-state index contributed by atoms with van der Waals surface area (Å²) in [5.41, 5.74) is 0. The second-order valence-electron chi connectivity index (χ2n) is 5.82. The summed E-state index contributed by atoms with van der Waals surface area (Å²) in [5, 5.41) is 5.03. The molecule has 10 heteroatoms. The lowest BCUT2D eigenvalue weighted by Crippen LogP contribution is -2.49. The van der Waals surface area contributed by atoms with E-state index in [4.69, 9.17) is 0 Å². The van der Waals surface area contributed by atoms with Crippen molar-refractivity contribution in [3.63, 3.8) is 0 Å². The lowest BCUT2D eigenvalue weighted by Gasteiger charge is -2.32. The third kappa shape index (κ3) is 4.68. The number of likely N-dealkylation sites (tertiary alicyclic amines) is 1. The maximum absolute atomic E-state index is 12.3. The molecule has 7 nitrogen and oxygen atoms in total. The van der Waals surface area contributed by atoms with Crippen LogP contribution in [0.4, 0.5) is 0 Å². The predicted octanol–water partition coefficient (Wildman–Crippen LogP) is -0.0457. The minimum Gasteiger partial charge on any atom is -0.340 e. The van der Waals surface area contributed by atoms with Crippen LogP contribution >= 0.6 is 23.7 Å². The van der Waals surface area contributed by atoms with E-state index in [0.717, 1.165) is 43.9 Å². The number of hydrogen-bond donors (Lipinski definition) is 2. The lowest BCUT2D eigenvalue weighted by molar-refractivity contribution is -0.129. The van der Waals surface area contributed by atoms with Gasteiger partial charge in [-0.05, 0) is 17.9 Å². The van der Waals surface area contributed by atoms with Crippen molar-refractivity contribution in [1.82, 2.24) is 19.8 Å². The van der Waals surface area contributed by atoms with Gasteiger partial charge in [0.2, 0.25) is 5.91 Å². The van der Waals surface area contributed by atoms with Gasteiger partial charge in [0.05, 0.1) is 6.54 Å². The standard InChI is InChI=1S/C14H22N4O3S2.ClH/c19-13(10-16-23(20,21)14-2-1-9-22-14)18-6-3-12(11-18)17-7-4-15-5-8-17;/h1-2,9,12,15-16H,3-8,10-11H2;1H. The zero-order valence-electron chi connectivity index (χ0n) is 13.3. The first-order chi connectivity index (χ1) is 11.1. The van der Waals surface area contributed by atoms with Crippen LogP contribution in [0.2, 0.25) is 0 Å². The second-order valence-corrected chi connectivity index (χ2v) is 8.77. The van der Waals surface area contributed by atoms with Crippen LogP contribution in [-0.2, 0) is 14.8 Å². The minimum absolute atomic E-state index is 0. The number of sulfonamides is 1. The molecule has 0 radical (unpaired) electrons. The van der Waals surface area contributed by atoms with E-state index in [1.165, 1.54) is 6.07 Å². The Kier molecular flexibility index (Phi) is 7.02. The fraction of sp³-hybridized carbons (Fsp3) is 0.643. The molecule has 3 rings (SSSR count). The summed E-state index contributed by atoms with van der Waals surface area (Å²) in [6.07, 6.45) is 0.962. The van der Waals surface area contributed by atoms with Gasteiger partial charge in [-0.1, -0.05) is 6.07 Å². The zero-order chi connectivity index (χ0) is 16.3. The summed E-state index contributed by atoms with van der Waals surface area (Å²) in [5.74, 6) is -0.150. The van der Waals surface area contributed by atoms with E-state index in [2.05, 4.69) is 14.9 Å². The van der Waals surface area contributed by atoms with Gasteiger partial charge < -0.3 is 10.2 Å². The van der Waals surface area contributed by atoms with Gasteiger partial charge in [0.1, 0.15) is 4.21 Å². The molecule has 3 heterocycles. The van der Waals surface area contributed by atoms with Crippen LogP contribution in [0.3, 0.4) is 0 Å². The Morgan fingerprint density at radius 2 is 2.08 bits per heavy atom. The van der Waals surface area contributed by atoms with E-state index in [-0.39, 0.29) is 29.1 Å². The number of thiophene rings is 1. The summed E-state index contributed by atoms with van der Waals surface area (Å²) < 4.78 is 26.7. The van der Waals surface area contributed by atoms with Crippen LogP contribution < -0.4 is 10.0 Å². The number of rotatable bonds is 5. The highest BCUT2D eigenvalue weighted by Crippen LogP contribution is 2.17. The predicted molar refractivity (Wildman–Crippen MR) is 96.2 cm³/mol. The molecule has 1 aromatic heterocycles. The van der Waals surface area contributed by atoms with Gasteiger partial charge in [-0.25, -0.2) is 13.1 Å². The molecule has 1 aromatic rings. The summed E-state index contributed by atoms with van der Waals surface area (Å²) in [6.45, 7) is 5.23. The van der Waals surface area contributed by atoms with Crippen LogP contribution in [0.25, 0.3) is 0 Å². The highest BCUT2D eigenvalue weighted by atomic mass is 35.5. The molecule has 0 spiro atoms. The molecule has 136 valence electrons. The minimum atomic E-state index is -3.57. The summed E-state index contributed by atoms with van der Waals surface area (Å²) in [6, 6.07) is 3.61. The second kappa shape index (κ2) is 8.59. The molecule has 0 saturated carbocycles. The Balaban J connectivity index is 0.00000208. The molecule has 0 bridgehead atoms. The number of carbonyl (C=O) groups excluding carboxylic acids is 1. The number of halogens is 1. The van der Waals surface area contributed by atoms with E-state index in [9.17, 15) is 13.2 Å². The molecular weight excluding hydrogens is 372 g/mol. The molecular formula is C14H23ClN4O3S2. The van der Waals surface area contributed by atoms with Crippen molar-refractivity contribution in [1.29, 1.82) is 0 Å². The molecule has 2 aliphatic heterocycles. The number of carbonyl (C=O) groups is 1. The van der Waals surface area contributed by atoms with Gasteiger partial charge in [0, 0.05) is 45.3 Å². The first-order valence-corrected chi connectivity index (χ1v) is 10.2. The van der Waals surface area contributed by atoms with Crippen LogP contribution in [0.15, 0.2) is 21.7 Å². The number of piperazine rings is 1. The van der Waals surface area contributed by atoms with E-state index in [1.54, 1.807) is 16.3 Å². The number of amides is 1. The third-order valence-corrected chi connectivity index (χ3v) is 7.16. The quantitative estimate of drug-likeness (QED) is 0.732. The van der Waals surface area contributed by atoms with Gasteiger partial charge in [-0.2, -0.15) is 0 Å².